The van der Waals surface area contributed by atoms with Gasteiger partial charge in [0, 0.05) is 35.2 Å². The Balaban J connectivity index is 0.000000435. The Morgan fingerprint density at radius 2 is 1.47 bits per heavy atom. The lowest BCUT2D eigenvalue weighted by atomic mass is 9.92. The lowest BCUT2D eigenvalue weighted by Gasteiger charge is -2.24. The van der Waals surface area contributed by atoms with Gasteiger partial charge in [-0.05, 0) is 97.6 Å². The van der Waals surface area contributed by atoms with Crippen LogP contribution < -0.4 is 0 Å². The van der Waals surface area contributed by atoms with Gasteiger partial charge in [-0.25, -0.2) is 16.8 Å². The van der Waals surface area contributed by atoms with Crippen LogP contribution in [0.5, 0.6) is 0 Å². The van der Waals surface area contributed by atoms with Crippen LogP contribution in [0.15, 0.2) is 124 Å². The summed E-state index contributed by atoms with van der Waals surface area (Å²) in [6.45, 7) is 5.13. The van der Waals surface area contributed by atoms with Crippen LogP contribution in [-0.4, -0.2) is 57.4 Å². The van der Waals surface area contributed by atoms with Crippen LogP contribution >= 0.6 is 0 Å². The number of aromatic nitrogens is 3. The molecule has 0 spiro atoms. The van der Waals surface area contributed by atoms with Crippen LogP contribution in [0.3, 0.4) is 0 Å². The van der Waals surface area contributed by atoms with E-state index in [4.69, 9.17) is 9.08 Å². The summed E-state index contributed by atoms with van der Waals surface area (Å²) in [4.78, 5) is 9.15. The summed E-state index contributed by atoms with van der Waals surface area (Å²) in [6, 6.07) is 29.2. The molecule has 6 rings (SSSR count). The Kier molecular flexibility index (Phi) is 10.4. The molecule has 11 nitrogen and oxygen atoms in total. The molecular weight excluding hydrogens is 711 g/mol. The van der Waals surface area contributed by atoms with E-state index < -0.39 is 34.5 Å². The molecule has 0 bridgehead atoms. The van der Waals surface area contributed by atoms with E-state index in [9.17, 15) is 25.3 Å². The van der Waals surface area contributed by atoms with Gasteiger partial charge in [-0.1, -0.05) is 59.8 Å². The molecule has 51 heavy (non-hydrogen) atoms. The van der Waals surface area contributed by atoms with E-state index in [-0.39, 0.29) is 9.79 Å². The average Bonchev–Trinajstić information content (AvgIpc) is 3.52. The first-order chi connectivity index (χ1) is 23.8. The molecule has 1 N–H and O–H groups in total. The first-order valence-corrected chi connectivity index (χ1v) is 20.6. The zero-order valence-electron chi connectivity index (χ0n) is 28.3. The van der Waals surface area contributed by atoms with Gasteiger partial charge in [-0.15, -0.1) is 0 Å². The lowest BCUT2D eigenvalue weighted by molar-refractivity contribution is 0.403. The second-order valence-electron chi connectivity index (χ2n) is 12.3. The van der Waals surface area contributed by atoms with Crippen molar-refractivity contribution in [2.45, 2.75) is 35.3 Å². The van der Waals surface area contributed by atoms with E-state index in [1.165, 1.54) is 18.4 Å². The zero-order valence-corrected chi connectivity index (χ0v) is 30.8. The molecule has 0 radical (unpaired) electrons. The number of sulfone groups is 2. The summed E-state index contributed by atoms with van der Waals surface area (Å²) in [5.74, 6) is 0.763. The fourth-order valence-electron chi connectivity index (χ4n) is 5.09. The quantitative estimate of drug-likeness (QED) is 0.128. The molecule has 2 aromatic heterocycles. The molecule has 6 aromatic rings. The fourth-order valence-corrected chi connectivity index (χ4v) is 6.76. The highest BCUT2D eigenvalue weighted by atomic mass is 32.2. The molecule has 4 aromatic carbocycles. The molecule has 14 heteroatoms. The molecule has 264 valence electrons. The van der Waals surface area contributed by atoms with Crippen molar-refractivity contribution < 1.29 is 34.3 Å². The zero-order chi connectivity index (χ0) is 37.2. The molecular formula is C37H35N3O8S3. The highest BCUT2D eigenvalue weighted by Crippen LogP contribution is 2.37. The van der Waals surface area contributed by atoms with Gasteiger partial charge in [0.05, 0.1) is 20.1 Å². The van der Waals surface area contributed by atoms with Crippen molar-refractivity contribution in [3.63, 3.8) is 0 Å². The maximum atomic E-state index is 12.7. The van der Waals surface area contributed by atoms with Gasteiger partial charge in [0.15, 0.2) is 25.5 Å². The summed E-state index contributed by atoms with van der Waals surface area (Å²) in [6.07, 6.45) is 6.02. The predicted molar refractivity (Wildman–Crippen MR) is 197 cm³/mol. The van der Waals surface area contributed by atoms with Crippen molar-refractivity contribution in [3.05, 3.63) is 138 Å². The van der Waals surface area contributed by atoms with E-state index in [0.717, 1.165) is 33.8 Å². The Hall–Kier alpha value is -5.02. The number of pyridine rings is 1. The van der Waals surface area contributed by atoms with Crippen LogP contribution in [0.4, 0.5) is 0 Å². The van der Waals surface area contributed by atoms with Crippen LogP contribution in [0.2, 0.25) is 0 Å². The minimum atomic E-state index is -4.00. The molecule has 0 saturated heterocycles. The molecule has 0 atom stereocenters. The van der Waals surface area contributed by atoms with E-state index in [2.05, 4.69) is 15.1 Å². The van der Waals surface area contributed by atoms with Gasteiger partial charge in [0.2, 0.25) is 0 Å². The van der Waals surface area contributed by atoms with Gasteiger partial charge in [-0.3, -0.25) is 9.54 Å². The number of hydrogen-bond acceptors (Lipinski definition) is 10. The standard InChI is InChI=1S/C31H29N3O5S2.C6H6O3S/c1-20-33-30(39-34-20)28(22-11-13-26(14-12-22)40(4,35)36)17-21-8-6-9-23(16-21)27-19-25(31(2,3)41(5,37)38)18-24-10-7-15-32-29(24)27;7-10(8,9)6-4-2-1-3-5-6/h6-19H,1-5H3;1-5H,(H,7,8,9). The fraction of sp³-hybridized carbons (Fsp3) is 0.162. The normalized spacial score (nSPS) is 12.7. The number of aryl methyl sites for hydroxylation is 1. The monoisotopic (exact) mass is 745 g/mol. The van der Waals surface area contributed by atoms with Crippen molar-refractivity contribution in [3.8, 4) is 11.1 Å². The molecule has 0 saturated carbocycles. The van der Waals surface area contributed by atoms with Crippen molar-refractivity contribution in [2.24, 2.45) is 0 Å². The van der Waals surface area contributed by atoms with Gasteiger partial charge in [0.1, 0.15) is 0 Å². The predicted octanol–water partition coefficient (Wildman–Crippen LogP) is 6.80. The van der Waals surface area contributed by atoms with Crippen LogP contribution in [-0.2, 0) is 34.5 Å². The first-order valence-electron chi connectivity index (χ1n) is 15.4. The van der Waals surface area contributed by atoms with E-state index in [1.807, 2.05) is 54.6 Å². The van der Waals surface area contributed by atoms with Crippen LogP contribution in [0, 0.1) is 6.92 Å². The van der Waals surface area contributed by atoms with Gasteiger partial charge >= 0.3 is 0 Å². The minimum Gasteiger partial charge on any atom is -0.334 e. The van der Waals surface area contributed by atoms with Crippen molar-refractivity contribution in [1.82, 2.24) is 15.1 Å². The molecule has 0 aliphatic carbocycles. The van der Waals surface area contributed by atoms with Crippen LogP contribution in [0.1, 0.15) is 42.3 Å². The van der Waals surface area contributed by atoms with Crippen molar-refractivity contribution in [2.75, 3.05) is 12.5 Å². The molecule has 0 fully saturated rings. The summed E-state index contributed by atoms with van der Waals surface area (Å²) < 4.78 is 83.0. The number of rotatable bonds is 8. The van der Waals surface area contributed by atoms with E-state index in [0.29, 0.717) is 28.4 Å². The molecule has 0 aliphatic heterocycles. The Bertz CT molecular complexity index is 2580. The van der Waals surface area contributed by atoms with Gasteiger partial charge in [0.25, 0.3) is 16.0 Å². The number of fused-ring (bicyclic) bond motifs is 1. The van der Waals surface area contributed by atoms with Gasteiger partial charge < -0.3 is 4.52 Å². The SMILES string of the molecule is Cc1noc(C(=Cc2cccc(-c3cc(C(C)(C)S(C)(=O)=O)cc4cccnc34)c2)c2ccc(S(C)(=O)=O)cc2)n1.O=S(=O)(O)c1ccccc1. The molecule has 2 heterocycles. The summed E-state index contributed by atoms with van der Waals surface area (Å²) in [7, 11) is -10.8. The Morgan fingerprint density at radius 3 is 2.04 bits per heavy atom. The van der Waals surface area contributed by atoms with E-state index >= 15 is 0 Å². The van der Waals surface area contributed by atoms with E-state index in [1.54, 1.807) is 69.4 Å². The lowest BCUT2D eigenvalue weighted by Crippen LogP contribution is -2.28. The summed E-state index contributed by atoms with van der Waals surface area (Å²) >= 11 is 0. The highest BCUT2D eigenvalue weighted by Gasteiger charge is 2.33. The average molecular weight is 746 g/mol. The highest BCUT2D eigenvalue weighted by molar-refractivity contribution is 7.91. The Labute approximate surface area is 297 Å². The topological polar surface area (TPSA) is 174 Å². The second kappa shape index (κ2) is 14.3. The minimum absolute atomic E-state index is 0.0741. The van der Waals surface area contributed by atoms with Crippen LogP contribution in [0.25, 0.3) is 33.7 Å². The second-order valence-corrected chi connectivity index (χ2v) is 18.3. The molecule has 0 aliphatic rings. The van der Waals surface area contributed by atoms with Crippen molar-refractivity contribution in [1.29, 1.82) is 0 Å². The largest absolute Gasteiger partial charge is 0.334 e. The number of benzene rings is 4. The maximum Gasteiger partial charge on any atom is 0.294 e. The maximum absolute atomic E-state index is 12.7. The van der Waals surface area contributed by atoms with Crippen molar-refractivity contribution >= 4 is 52.3 Å². The third kappa shape index (κ3) is 8.66. The first kappa shape index (κ1) is 37.2. The summed E-state index contributed by atoms with van der Waals surface area (Å²) in [5.41, 5.74) is 5.22. The number of nitrogens with zero attached hydrogens (tertiary/aromatic N) is 3. The van der Waals surface area contributed by atoms with Gasteiger partial charge in [-0.2, -0.15) is 13.4 Å². The Morgan fingerprint density at radius 1 is 0.784 bits per heavy atom. The molecule has 0 unspecified atom stereocenters. The third-order valence-electron chi connectivity index (χ3n) is 8.23. The molecule has 0 amide bonds. The summed E-state index contributed by atoms with van der Waals surface area (Å²) in [5, 5.41) is 4.77. The smallest absolute Gasteiger partial charge is 0.294 e. The third-order valence-corrected chi connectivity index (χ3v) is 12.3. The number of hydrogen-bond donors (Lipinski definition) is 1.